The van der Waals surface area contributed by atoms with Crippen LogP contribution in [-0.4, -0.2) is 21.3 Å². The zero-order chi connectivity index (χ0) is 10.9. The van der Waals surface area contributed by atoms with E-state index in [0.29, 0.717) is 5.56 Å². The summed E-state index contributed by atoms with van der Waals surface area (Å²) in [6, 6.07) is 2.32. The van der Waals surface area contributed by atoms with Crippen LogP contribution in [0.25, 0.3) is 0 Å². The molecular formula is C9H9FO4. The van der Waals surface area contributed by atoms with Gasteiger partial charge in [0.1, 0.15) is 0 Å². The Hall–Kier alpha value is -1.62. The van der Waals surface area contributed by atoms with Crippen molar-refractivity contribution in [2.45, 2.75) is 13.0 Å². The number of hydrogen-bond acceptors (Lipinski definition) is 3. The number of phenolic OH excluding ortho intramolecular Hbond substituents is 1. The van der Waals surface area contributed by atoms with Crippen LogP contribution in [-0.2, 0) is 4.79 Å². The van der Waals surface area contributed by atoms with E-state index in [1.165, 1.54) is 6.07 Å². The zero-order valence-corrected chi connectivity index (χ0v) is 7.36. The summed E-state index contributed by atoms with van der Waals surface area (Å²) < 4.78 is 13.1. The van der Waals surface area contributed by atoms with Crippen LogP contribution in [0, 0.1) is 12.7 Å². The van der Waals surface area contributed by atoms with Crippen molar-refractivity contribution >= 4 is 5.97 Å². The molecule has 14 heavy (non-hydrogen) atoms. The summed E-state index contributed by atoms with van der Waals surface area (Å²) in [6.45, 7) is 1.55. The van der Waals surface area contributed by atoms with Gasteiger partial charge in [0.05, 0.1) is 0 Å². The first-order chi connectivity index (χ1) is 6.43. The van der Waals surface area contributed by atoms with Crippen molar-refractivity contribution in [2.75, 3.05) is 0 Å². The fraction of sp³-hybridized carbons (Fsp3) is 0.222. The molecular weight excluding hydrogens is 191 g/mol. The number of carbonyl (C=O) groups is 1. The van der Waals surface area contributed by atoms with E-state index in [2.05, 4.69) is 0 Å². The van der Waals surface area contributed by atoms with Crippen molar-refractivity contribution < 1.29 is 24.5 Å². The lowest BCUT2D eigenvalue weighted by Crippen LogP contribution is -2.12. The number of rotatable bonds is 2. The van der Waals surface area contributed by atoms with Gasteiger partial charge >= 0.3 is 5.97 Å². The van der Waals surface area contributed by atoms with Gasteiger partial charge in [-0.25, -0.2) is 9.18 Å². The second kappa shape index (κ2) is 3.63. The molecule has 0 aromatic heterocycles. The SMILES string of the molecule is Cc1cc(O)c(F)c(C(O)C(=O)O)c1. The summed E-state index contributed by atoms with van der Waals surface area (Å²) in [5.41, 5.74) is 0.0363. The predicted octanol–water partition coefficient (Wildman–Crippen LogP) is 0.958. The summed E-state index contributed by atoms with van der Waals surface area (Å²) >= 11 is 0. The molecule has 0 aliphatic carbocycles. The van der Waals surface area contributed by atoms with Gasteiger partial charge in [-0.2, -0.15) is 0 Å². The monoisotopic (exact) mass is 200 g/mol. The molecule has 0 fully saturated rings. The lowest BCUT2D eigenvalue weighted by molar-refractivity contribution is -0.147. The van der Waals surface area contributed by atoms with E-state index in [1.54, 1.807) is 6.92 Å². The number of carboxylic acid groups (broad SMARTS) is 1. The summed E-state index contributed by atoms with van der Waals surface area (Å²) in [5.74, 6) is -3.33. The van der Waals surface area contributed by atoms with Gasteiger partial charge in [0.15, 0.2) is 17.7 Å². The number of aliphatic carboxylic acids is 1. The van der Waals surface area contributed by atoms with Gasteiger partial charge < -0.3 is 15.3 Å². The largest absolute Gasteiger partial charge is 0.505 e. The van der Waals surface area contributed by atoms with E-state index in [0.717, 1.165) is 6.07 Å². The van der Waals surface area contributed by atoms with Gasteiger partial charge in [0.2, 0.25) is 0 Å². The van der Waals surface area contributed by atoms with Crippen LogP contribution in [0.3, 0.4) is 0 Å². The molecule has 0 spiro atoms. The van der Waals surface area contributed by atoms with Crippen LogP contribution in [0.2, 0.25) is 0 Å². The van der Waals surface area contributed by atoms with Crippen molar-refractivity contribution in [1.82, 2.24) is 0 Å². The van der Waals surface area contributed by atoms with E-state index in [1.807, 2.05) is 0 Å². The molecule has 0 aliphatic heterocycles. The Morgan fingerprint density at radius 3 is 2.57 bits per heavy atom. The van der Waals surface area contributed by atoms with Crippen molar-refractivity contribution in [3.63, 3.8) is 0 Å². The Balaban J connectivity index is 3.26. The van der Waals surface area contributed by atoms with E-state index < -0.39 is 29.2 Å². The number of phenols is 1. The quantitative estimate of drug-likeness (QED) is 0.664. The smallest absolute Gasteiger partial charge is 0.337 e. The maximum absolute atomic E-state index is 13.1. The van der Waals surface area contributed by atoms with Crippen molar-refractivity contribution in [3.05, 3.63) is 29.1 Å². The molecule has 0 amide bonds. The predicted molar refractivity (Wildman–Crippen MR) is 45.4 cm³/mol. The highest BCUT2D eigenvalue weighted by Crippen LogP contribution is 2.26. The normalized spacial score (nSPS) is 12.5. The molecule has 1 aromatic carbocycles. The molecule has 1 aromatic rings. The van der Waals surface area contributed by atoms with E-state index >= 15 is 0 Å². The minimum atomic E-state index is -1.96. The molecule has 76 valence electrons. The van der Waals surface area contributed by atoms with Gasteiger partial charge in [0, 0.05) is 5.56 Å². The molecule has 1 unspecified atom stereocenters. The fourth-order valence-electron chi connectivity index (χ4n) is 1.11. The third kappa shape index (κ3) is 1.82. The van der Waals surface area contributed by atoms with Gasteiger partial charge in [-0.05, 0) is 24.6 Å². The van der Waals surface area contributed by atoms with Crippen LogP contribution >= 0.6 is 0 Å². The molecule has 0 saturated carbocycles. The standard InChI is InChI=1S/C9H9FO4/c1-4-2-5(8(12)9(13)14)7(10)6(11)3-4/h2-3,8,11-12H,1H3,(H,13,14). The van der Waals surface area contributed by atoms with Crippen LogP contribution < -0.4 is 0 Å². The number of hydrogen-bond donors (Lipinski definition) is 3. The lowest BCUT2D eigenvalue weighted by atomic mass is 10.1. The Morgan fingerprint density at radius 1 is 1.50 bits per heavy atom. The first kappa shape index (κ1) is 10.5. The van der Waals surface area contributed by atoms with Crippen molar-refractivity contribution in [2.24, 2.45) is 0 Å². The molecule has 0 bridgehead atoms. The van der Waals surface area contributed by atoms with Gasteiger partial charge in [-0.15, -0.1) is 0 Å². The van der Waals surface area contributed by atoms with Gasteiger partial charge in [-0.1, -0.05) is 0 Å². The summed E-state index contributed by atoms with van der Waals surface area (Å²) in [5, 5.41) is 26.6. The molecule has 1 atom stereocenters. The van der Waals surface area contributed by atoms with Gasteiger partial charge in [0.25, 0.3) is 0 Å². The Kier molecular flexibility index (Phi) is 2.71. The Bertz CT molecular complexity index is 375. The number of aromatic hydroxyl groups is 1. The third-order valence-corrected chi connectivity index (χ3v) is 1.75. The van der Waals surface area contributed by atoms with Crippen molar-refractivity contribution in [1.29, 1.82) is 0 Å². The number of aliphatic hydroxyl groups is 1. The lowest BCUT2D eigenvalue weighted by Gasteiger charge is -2.09. The molecule has 4 nitrogen and oxygen atoms in total. The Labute approximate surface area is 79.2 Å². The summed E-state index contributed by atoms with van der Waals surface area (Å²) in [6.07, 6.45) is -1.96. The fourth-order valence-corrected chi connectivity index (χ4v) is 1.11. The molecule has 3 N–H and O–H groups in total. The number of benzene rings is 1. The van der Waals surface area contributed by atoms with Gasteiger partial charge in [-0.3, -0.25) is 0 Å². The maximum Gasteiger partial charge on any atom is 0.337 e. The van der Waals surface area contributed by atoms with Crippen LogP contribution in [0.5, 0.6) is 5.75 Å². The highest BCUT2D eigenvalue weighted by atomic mass is 19.1. The van der Waals surface area contributed by atoms with Crippen molar-refractivity contribution in [3.8, 4) is 5.75 Å². The molecule has 0 aliphatic rings. The minimum absolute atomic E-state index is 0.435. The third-order valence-electron chi connectivity index (χ3n) is 1.75. The Morgan fingerprint density at radius 2 is 2.07 bits per heavy atom. The highest BCUT2D eigenvalue weighted by molar-refractivity contribution is 5.74. The van der Waals surface area contributed by atoms with E-state index in [-0.39, 0.29) is 0 Å². The minimum Gasteiger partial charge on any atom is -0.505 e. The highest BCUT2D eigenvalue weighted by Gasteiger charge is 2.22. The maximum atomic E-state index is 13.1. The van der Waals surface area contributed by atoms with E-state index in [4.69, 9.17) is 15.3 Å². The summed E-state index contributed by atoms with van der Waals surface area (Å²) in [7, 11) is 0. The molecule has 0 saturated heterocycles. The van der Waals surface area contributed by atoms with Crippen LogP contribution in [0.15, 0.2) is 12.1 Å². The molecule has 0 heterocycles. The number of aliphatic hydroxyl groups excluding tert-OH is 1. The van der Waals surface area contributed by atoms with Crippen LogP contribution in [0.4, 0.5) is 4.39 Å². The second-order valence-corrected chi connectivity index (χ2v) is 2.93. The first-order valence-electron chi connectivity index (χ1n) is 3.83. The van der Waals surface area contributed by atoms with Crippen LogP contribution in [0.1, 0.15) is 17.2 Å². The first-order valence-corrected chi connectivity index (χ1v) is 3.83. The topological polar surface area (TPSA) is 77.8 Å². The summed E-state index contributed by atoms with van der Waals surface area (Å²) in [4.78, 5) is 10.4. The second-order valence-electron chi connectivity index (χ2n) is 2.93. The number of carboxylic acids is 1. The average Bonchev–Trinajstić information content (AvgIpc) is 2.09. The molecule has 1 rings (SSSR count). The van der Waals surface area contributed by atoms with E-state index in [9.17, 15) is 9.18 Å². The molecule has 0 radical (unpaired) electrons. The number of halogens is 1. The number of aryl methyl sites for hydroxylation is 1. The molecule has 5 heteroatoms. The average molecular weight is 200 g/mol. The zero-order valence-electron chi connectivity index (χ0n) is 7.36.